The maximum absolute atomic E-state index is 13.2. The van der Waals surface area contributed by atoms with Crippen LogP contribution < -0.4 is 24.2 Å². The molecule has 0 bridgehead atoms. The quantitative estimate of drug-likeness (QED) is 0.260. The number of thioether (sulfide) groups is 1. The molecular formula is C28H34N3O4S2+. The van der Waals surface area contributed by atoms with Crippen molar-refractivity contribution >= 4 is 40.9 Å². The number of aromatic nitrogens is 2. The van der Waals surface area contributed by atoms with Crippen LogP contribution in [-0.2, 0) is 27.3 Å². The fraction of sp³-hybridized carbons (Fsp3) is 0.357. The summed E-state index contributed by atoms with van der Waals surface area (Å²) in [5.41, 5.74) is 2.25. The topological polar surface area (TPSA) is 56.8 Å². The molecule has 1 aliphatic heterocycles. The van der Waals surface area contributed by atoms with E-state index in [2.05, 4.69) is 46.9 Å². The Morgan fingerprint density at radius 1 is 0.973 bits per heavy atom. The first-order valence-corrected chi connectivity index (χ1v) is 14.0. The molecule has 0 amide bonds. The van der Waals surface area contributed by atoms with Crippen LogP contribution in [0, 0.1) is 0 Å². The van der Waals surface area contributed by atoms with Gasteiger partial charge in [0.15, 0.2) is 12.7 Å². The van der Waals surface area contributed by atoms with E-state index in [0.29, 0.717) is 46.1 Å². The Kier molecular flexibility index (Phi) is 10.2. The van der Waals surface area contributed by atoms with Gasteiger partial charge in [-0.1, -0.05) is 23.9 Å². The molecule has 0 unspecified atom stereocenters. The standard InChI is InChI=1S/C28H34N3O4S2/c1-4-31-27(21-22-9-7-8-14-30(22)15-16-34-19-20-35-18-17-33-3)37-25(28(31)32)12-13-26-29(2)23-10-5-6-11-24(23)36-26/h5-14,21H,4,15-20H2,1-3H3/q+1. The van der Waals surface area contributed by atoms with Crippen molar-refractivity contribution in [2.24, 2.45) is 0 Å². The molecule has 9 heteroatoms. The second-order valence-corrected chi connectivity index (χ2v) is 10.5. The van der Waals surface area contributed by atoms with Crippen LogP contribution in [0.1, 0.15) is 12.6 Å². The van der Waals surface area contributed by atoms with E-state index in [1.165, 1.54) is 21.9 Å². The summed E-state index contributed by atoms with van der Waals surface area (Å²) in [6.07, 6.45) is 8.11. The van der Waals surface area contributed by atoms with Gasteiger partial charge in [-0.25, -0.2) is 0 Å². The Bertz CT molecular complexity index is 1400. The normalized spacial score (nSPS) is 15.2. The SMILES string of the molecule is CCn1c(=Cc2cccc[n+]2CCOCCOCCOC)sc(=CC=C2Sc3ccccc3N2C)c1=O. The Labute approximate surface area is 225 Å². The molecule has 37 heavy (non-hydrogen) atoms. The summed E-state index contributed by atoms with van der Waals surface area (Å²) in [7, 11) is 3.72. The van der Waals surface area contributed by atoms with E-state index in [9.17, 15) is 4.79 Å². The highest BCUT2D eigenvalue weighted by atomic mass is 32.2. The number of para-hydroxylation sites is 1. The molecule has 2 aromatic heterocycles. The second kappa shape index (κ2) is 13.7. The van der Waals surface area contributed by atoms with Crippen LogP contribution in [0.2, 0.25) is 0 Å². The third-order valence-electron chi connectivity index (χ3n) is 5.93. The van der Waals surface area contributed by atoms with Crippen LogP contribution in [0.5, 0.6) is 0 Å². The van der Waals surface area contributed by atoms with Crippen molar-refractivity contribution in [2.75, 3.05) is 52.1 Å². The van der Waals surface area contributed by atoms with Crippen LogP contribution in [0.25, 0.3) is 12.2 Å². The van der Waals surface area contributed by atoms with Gasteiger partial charge < -0.3 is 19.1 Å². The molecule has 0 saturated carbocycles. The Balaban J connectivity index is 1.51. The third kappa shape index (κ3) is 7.00. The van der Waals surface area contributed by atoms with Crippen molar-refractivity contribution in [3.05, 3.63) is 85.0 Å². The first-order valence-electron chi connectivity index (χ1n) is 12.4. The second-order valence-electron chi connectivity index (χ2n) is 8.34. The molecular weight excluding hydrogens is 506 g/mol. The molecule has 1 aliphatic rings. The zero-order valence-corrected chi connectivity index (χ0v) is 23.2. The molecule has 7 nitrogen and oxygen atoms in total. The number of allylic oxidation sites excluding steroid dienone is 1. The van der Waals surface area contributed by atoms with Crippen LogP contribution >= 0.6 is 23.1 Å². The van der Waals surface area contributed by atoms with Crippen LogP contribution in [0.4, 0.5) is 5.69 Å². The summed E-state index contributed by atoms with van der Waals surface area (Å²) >= 11 is 3.24. The zero-order valence-electron chi connectivity index (χ0n) is 21.6. The number of hydrogen-bond acceptors (Lipinski definition) is 7. The predicted octanol–water partition coefficient (Wildman–Crippen LogP) is 2.59. The Morgan fingerprint density at radius 3 is 2.51 bits per heavy atom. The number of rotatable bonds is 12. The van der Waals surface area contributed by atoms with Crippen molar-refractivity contribution in [1.82, 2.24) is 4.57 Å². The Hall–Kier alpha value is -2.69. The molecule has 4 rings (SSSR count). The molecule has 0 spiro atoms. The van der Waals surface area contributed by atoms with E-state index in [1.807, 2.05) is 48.0 Å². The summed E-state index contributed by atoms with van der Waals surface area (Å²) in [5.74, 6) is 0. The van der Waals surface area contributed by atoms with Gasteiger partial charge in [0, 0.05) is 43.8 Å². The summed E-state index contributed by atoms with van der Waals surface area (Å²) < 4.78 is 21.8. The lowest BCUT2D eigenvalue weighted by Gasteiger charge is -2.12. The molecule has 0 aliphatic carbocycles. The minimum Gasteiger partial charge on any atom is -0.382 e. The average molecular weight is 541 g/mol. The number of benzene rings is 1. The van der Waals surface area contributed by atoms with Gasteiger partial charge in [-0.3, -0.25) is 9.36 Å². The van der Waals surface area contributed by atoms with Gasteiger partial charge in [0.1, 0.15) is 11.3 Å². The molecule has 0 radical (unpaired) electrons. The molecule has 196 valence electrons. The first kappa shape index (κ1) is 27.3. The van der Waals surface area contributed by atoms with E-state index in [1.54, 1.807) is 18.9 Å². The highest BCUT2D eigenvalue weighted by Crippen LogP contribution is 2.44. The summed E-state index contributed by atoms with van der Waals surface area (Å²) in [4.78, 5) is 16.6. The number of thiazole rings is 1. The number of ether oxygens (including phenoxy) is 3. The van der Waals surface area contributed by atoms with Gasteiger partial charge in [-0.15, -0.1) is 11.3 Å². The number of anilines is 1. The van der Waals surface area contributed by atoms with Gasteiger partial charge >= 0.3 is 0 Å². The third-order valence-corrected chi connectivity index (χ3v) is 8.19. The van der Waals surface area contributed by atoms with E-state index in [4.69, 9.17) is 14.2 Å². The summed E-state index contributed by atoms with van der Waals surface area (Å²) in [6, 6.07) is 14.4. The van der Waals surface area contributed by atoms with Crippen molar-refractivity contribution in [3.8, 4) is 0 Å². The lowest BCUT2D eigenvalue weighted by molar-refractivity contribution is -0.700. The molecule has 0 fully saturated rings. The van der Waals surface area contributed by atoms with E-state index >= 15 is 0 Å². The summed E-state index contributed by atoms with van der Waals surface area (Å²) in [6.45, 7) is 6.17. The van der Waals surface area contributed by atoms with Gasteiger partial charge in [-0.05, 0) is 37.3 Å². The lowest BCUT2D eigenvalue weighted by atomic mass is 10.3. The van der Waals surface area contributed by atoms with Gasteiger partial charge in [0.2, 0.25) is 5.69 Å². The van der Waals surface area contributed by atoms with E-state index in [-0.39, 0.29) is 5.56 Å². The maximum Gasteiger partial charge on any atom is 0.269 e. The molecule has 3 aromatic rings. The number of hydrogen-bond donors (Lipinski definition) is 0. The predicted molar refractivity (Wildman–Crippen MR) is 150 cm³/mol. The van der Waals surface area contributed by atoms with Gasteiger partial charge in [-0.2, -0.15) is 4.57 Å². The van der Waals surface area contributed by atoms with Crippen molar-refractivity contribution < 1.29 is 18.8 Å². The van der Waals surface area contributed by atoms with Gasteiger partial charge in [0.25, 0.3) is 5.56 Å². The Morgan fingerprint density at radius 2 is 1.73 bits per heavy atom. The maximum atomic E-state index is 13.2. The van der Waals surface area contributed by atoms with Crippen LogP contribution in [0.3, 0.4) is 0 Å². The lowest BCUT2D eigenvalue weighted by Crippen LogP contribution is -2.39. The number of nitrogens with zero attached hydrogens (tertiary/aromatic N) is 3. The molecule has 0 atom stereocenters. The fourth-order valence-electron chi connectivity index (χ4n) is 3.95. The number of fused-ring (bicyclic) bond motifs is 1. The summed E-state index contributed by atoms with van der Waals surface area (Å²) in [5, 5.41) is 1.10. The van der Waals surface area contributed by atoms with Crippen LogP contribution in [-0.4, -0.2) is 51.8 Å². The number of pyridine rings is 1. The highest BCUT2D eigenvalue weighted by Gasteiger charge is 2.20. The van der Waals surface area contributed by atoms with Crippen LogP contribution in [0.15, 0.2) is 69.5 Å². The molecule has 3 heterocycles. The van der Waals surface area contributed by atoms with E-state index in [0.717, 1.165) is 19.9 Å². The average Bonchev–Trinajstić information content (AvgIpc) is 3.40. The largest absolute Gasteiger partial charge is 0.382 e. The molecule has 0 N–H and O–H groups in total. The zero-order chi connectivity index (χ0) is 26.0. The van der Waals surface area contributed by atoms with Crippen molar-refractivity contribution in [1.29, 1.82) is 0 Å². The van der Waals surface area contributed by atoms with Crippen molar-refractivity contribution in [3.63, 3.8) is 0 Å². The number of methoxy groups -OCH3 is 1. The van der Waals surface area contributed by atoms with Crippen molar-refractivity contribution in [2.45, 2.75) is 24.9 Å². The minimum absolute atomic E-state index is 0.0399. The smallest absolute Gasteiger partial charge is 0.269 e. The van der Waals surface area contributed by atoms with Gasteiger partial charge in [0.05, 0.1) is 41.7 Å². The van der Waals surface area contributed by atoms with E-state index < -0.39 is 0 Å². The fourth-order valence-corrected chi connectivity index (χ4v) is 6.06. The first-order chi connectivity index (χ1) is 18.1. The highest BCUT2D eigenvalue weighted by molar-refractivity contribution is 8.03. The molecule has 1 aromatic carbocycles. The molecule has 0 saturated heterocycles. The monoisotopic (exact) mass is 540 g/mol. The minimum atomic E-state index is 0.0399.